The summed E-state index contributed by atoms with van der Waals surface area (Å²) < 4.78 is 5.06. The van der Waals surface area contributed by atoms with Crippen molar-refractivity contribution in [1.82, 2.24) is 10.1 Å². The van der Waals surface area contributed by atoms with Crippen molar-refractivity contribution in [3.05, 3.63) is 48.7 Å². The first kappa shape index (κ1) is 11.4. The molecule has 0 bridgehead atoms. The molecule has 3 nitrogen and oxygen atoms in total. The van der Waals surface area contributed by atoms with Gasteiger partial charge in [-0.25, -0.2) is 0 Å². The second-order valence-electron chi connectivity index (χ2n) is 3.45. The standard InChI is InChI=1S/C12H16N2O/c1-5-7-11(6-2)9(3)8-12-13-10(4)14-15-12/h5-7,9H,1-2,8H2,3-4H3/b11-7+. The summed E-state index contributed by atoms with van der Waals surface area (Å²) in [5, 5.41) is 3.75. The topological polar surface area (TPSA) is 38.9 Å². The Balaban J connectivity index is 2.69. The maximum absolute atomic E-state index is 5.06. The minimum atomic E-state index is 0.306. The Kier molecular flexibility index (Phi) is 4.03. The molecule has 0 aliphatic heterocycles. The van der Waals surface area contributed by atoms with Crippen LogP contribution in [-0.4, -0.2) is 10.1 Å². The molecule has 0 aliphatic rings. The van der Waals surface area contributed by atoms with Gasteiger partial charge in [-0.3, -0.25) is 0 Å². The van der Waals surface area contributed by atoms with E-state index in [1.165, 1.54) is 0 Å². The second kappa shape index (κ2) is 5.29. The first-order chi connectivity index (χ1) is 7.17. The monoisotopic (exact) mass is 204 g/mol. The van der Waals surface area contributed by atoms with Gasteiger partial charge in [-0.15, -0.1) is 0 Å². The van der Waals surface area contributed by atoms with Crippen molar-refractivity contribution in [3.63, 3.8) is 0 Å². The molecule has 0 radical (unpaired) electrons. The lowest BCUT2D eigenvalue weighted by molar-refractivity contribution is 0.363. The smallest absolute Gasteiger partial charge is 0.227 e. The van der Waals surface area contributed by atoms with Crippen LogP contribution in [0.5, 0.6) is 0 Å². The fraction of sp³-hybridized carbons (Fsp3) is 0.333. The summed E-state index contributed by atoms with van der Waals surface area (Å²) in [6.07, 6.45) is 6.26. The van der Waals surface area contributed by atoms with Gasteiger partial charge in [0.2, 0.25) is 5.89 Å². The Morgan fingerprint density at radius 3 is 2.73 bits per heavy atom. The maximum atomic E-state index is 5.06. The minimum Gasteiger partial charge on any atom is -0.339 e. The molecule has 1 atom stereocenters. The molecule has 0 amide bonds. The van der Waals surface area contributed by atoms with E-state index in [0.29, 0.717) is 17.6 Å². The fourth-order valence-electron chi connectivity index (χ4n) is 1.37. The lowest BCUT2D eigenvalue weighted by Crippen LogP contribution is -2.02. The molecule has 1 aromatic rings. The van der Waals surface area contributed by atoms with Gasteiger partial charge >= 0.3 is 0 Å². The number of allylic oxidation sites excluding steroid dienone is 4. The van der Waals surface area contributed by atoms with E-state index in [4.69, 9.17) is 4.52 Å². The van der Waals surface area contributed by atoms with Crippen LogP contribution in [0, 0.1) is 12.8 Å². The van der Waals surface area contributed by atoms with Crippen molar-refractivity contribution < 1.29 is 4.52 Å². The van der Waals surface area contributed by atoms with E-state index in [0.717, 1.165) is 12.0 Å². The van der Waals surface area contributed by atoms with Crippen LogP contribution in [0.15, 0.2) is 41.5 Å². The highest BCUT2D eigenvalue weighted by molar-refractivity contribution is 5.23. The molecular weight excluding hydrogens is 188 g/mol. The van der Waals surface area contributed by atoms with E-state index in [1.54, 1.807) is 6.08 Å². The summed E-state index contributed by atoms with van der Waals surface area (Å²) in [6, 6.07) is 0. The van der Waals surface area contributed by atoms with Gasteiger partial charge in [0.15, 0.2) is 5.82 Å². The Morgan fingerprint density at radius 2 is 2.27 bits per heavy atom. The lowest BCUT2D eigenvalue weighted by atomic mass is 9.97. The molecule has 0 saturated heterocycles. The zero-order valence-corrected chi connectivity index (χ0v) is 9.23. The van der Waals surface area contributed by atoms with E-state index in [-0.39, 0.29) is 0 Å². The quantitative estimate of drug-likeness (QED) is 0.692. The van der Waals surface area contributed by atoms with Crippen molar-refractivity contribution in [2.24, 2.45) is 5.92 Å². The zero-order chi connectivity index (χ0) is 11.3. The minimum absolute atomic E-state index is 0.306. The largest absolute Gasteiger partial charge is 0.339 e. The number of aromatic nitrogens is 2. The molecule has 0 N–H and O–H groups in total. The van der Waals surface area contributed by atoms with E-state index in [2.05, 4.69) is 30.2 Å². The van der Waals surface area contributed by atoms with Gasteiger partial charge in [0, 0.05) is 6.42 Å². The summed E-state index contributed by atoms with van der Waals surface area (Å²) in [6.45, 7) is 11.3. The summed E-state index contributed by atoms with van der Waals surface area (Å²) in [5.41, 5.74) is 1.13. The van der Waals surface area contributed by atoms with Crippen molar-refractivity contribution in [3.8, 4) is 0 Å². The van der Waals surface area contributed by atoms with Gasteiger partial charge < -0.3 is 4.52 Å². The molecule has 1 heterocycles. The molecule has 1 rings (SSSR count). The number of nitrogens with zero attached hydrogens (tertiary/aromatic N) is 2. The molecular formula is C12H16N2O. The predicted octanol–water partition coefficient (Wildman–Crippen LogP) is 2.86. The normalized spacial score (nSPS) is 13.6. The first-order valence-electron chi connectivity index (χ1n) is 4.91. The van der Waals surface area contributed by atoms with E-state index < -0.39 is 0 Å². The molecule has 0 aromatic carbocycles. The average molecular weight is 204 g/mol. The van der Waals surface area contributed by atoms with Crippen LogP contribution in [0.1, 0.15) is 18.6 Å². The molecule has 1 aromatic heterocycles. The SMILES string of the molecule is C=C/C=C(\C=C)C(C)Cc1nc(C)no1. The Morgan fingerprint density at radius 1 is 1.53 bits per heavy atom. The Labute approximate surface area is 90.2 Å². The fourth-order valence-corrected chi connectivity index (χ4v) is 1.37. The molecule has 1 unspecified atom stereocenters. The summed E-state index contributed by atoms with van der Waals surface area (Å²) in [4.78, 5) is 4.16. The van der Waals surface area contributed by atoms with Crippen LogP contribution in [-0.2, 0) is 6.42 Å². The van der Waals surface area contributed by atoms with E-state index in [9.17, 15) is 0 Å². The first-order valence-corrected chi connectivity index (χ1v) is 4.91. The number of rotatable bonds is 5. The van der Waals surface area contributed by atoms with Gasteiger partial charge in [0.05, 0.1) is 0 Å². The zero-order valence-electron chi connectivity index (χ0n) is 9.23. The van der Waals surface area contributed by atoms with Crippen LogP contribution in [0.25, 0.3) is 0 Å². The highest BCUT2D eigenvalue weighted by Crippen LogP contribution is 2.16. The molecule has 0 fully saturated rings. The molecule has 0 aliphatic carbocycles. The highest BCUT2D eigenvalue weighted by Gasteiger charge is 2.11. The molecule has 0 spiro atoms. The van der Waals surface area contributed by atoms with Crippen LogP contribution in [0.2, 0.25) is 0 Å². The number of hydrogen-bond acceptors (Lipinski definition) is 3. The van der Waals surface area contributed by atoms with Crippen LogP contribution >= 0.6 is 0 Å². The number of hydrogen-bond donors (Lipinski definition) is 0. The van der Waals surface area contributed by atoms with Crippen LogP contribution < -0.4 is 0 Å². The summed E-state index contributed by atoms with van der Waals surface area (Å²) >= 11 is 0. The number of aryl methyl sites for hydroxylation is 1. The summed E-state index contributed by atoms with van der Waals surface area (Å²) in [5.74, 6) is 1.64. The molecule has 3 heteroatoms. The molecule has 80 valence electrons. The van der Waals surface area contributed by atoms with Crippen LogP contribution in [0.4, 0.5) is 0 Å². The van der Waals surface area contributed by atoms with Gasteiger partial charge in [0.1, 0.15) is 0 Å². The molecule has 15 heavy (non-hydrogen) atoms. The summed E-state index contributed by atoms with van der Waals surface area (Å²) in [7, 11) is 0. The van der Waals surface area contributed by atoms with Crippen molar-refractivity contribution >= 4 is 0 Å². The van der Waals surface area contributed by atoms with Gasteiger partial charge in [-0.05, 0) is 18.4 Å². The van der Waals surface area contributed by atoms with Crippen molar-refractivity contribution in [1.29, 1.82) is 0 Å². The molecule has 0 saturated carbocycles. The van der Waals surface area contributed by atoms with Gasteiger partial charge in [0.25, 0.3) is 0 Å². The van der Waals surface area contributed by atoms with Crippen molar-refractivity contribution in [2.75, 3.05) is 0 Å². The predicted molar refractivity (Wildman–Crippen MR) is 60.4 cm³/mol. The maximum Gasteiger partial charge on any atom is 0.227 e. The Hall–Kier alpha value is -1.64. The highest BCUT2D eigenvalue weighted by atomic mass is 16.5. The third-order valence-electron chi connectivity index (χ3n) is 2.17. The van der Waals surface area contributed by atoms with E-state index in [1.807, 2.05) is 19.1 Å². The third kappa shape index (κ3) is 3.20. The lowest BCUT2D eigenvalue weighted by Gasteiger charge is -2.08. The van der Waals surface area contributed by atoms with Gasteiger partial charge in [-0.1, -0.05) is 43.5 Å². The van der Waals surface area contributed by atoms with Crippen molar-refractivity contribution in [2.45, 2.75) is 20.3 Å². The average Bonchev–Trinajstić information content (AvgIpc) is 2.60. The third-order valence-corrected chi connectivity index (χ3v) is 2.17. The second-order valence-corrected chi connectivity index (χ2v) is 3.45. The van der Waals surface area contributed by atoms with E-state index >= 15 is 0 Å². The Bertz CT molecular complexity index is 377. The van der Waals surface area contributed by atoms with Crippen LogP contribution in [0.3, 0.4) is 0 Å². The van der Waals surface area contributed by atoms with Gasteiger partial charge in [-0.2, -0.15) is 4.98 Å².